The largest absolute Gasteiger partial charge is 0.492 e. The van der Waals surface area contributed by atoms with Crippen molar-refractivity contribution in [2.75, 3.05) is 26.2 Å². The molecule has 4 rings (SSSR count). The Labute approximate surface area is 199 Å². The Kier molecular flexibility index (Phi) is 7.18. The lowest BCUT2D eigenvalue weighted by Crippen LogP contribution is -2.43. The lowest BCUT2D eigenvalue weighted by molar-refractivity contribution is -0.385. The highest BCUT2D eigenvalue weighted by molar-refractivity contribution is 7.89. The summed E-state index contributed by atoms with van der Waals surface area (Å²) in [6, 6.07) is 9.97. The van der Waals surface area contributed by atoms with Crippen molar-refractivity contribution >= 4 is 21.6 Å². The van der Waals surface area contributed by atoms with Crippen molar-refractivity contribution in [3.63, 3.8) is 0 Å². The Morgan fingerprint density at radius 3 is 2.62 bits per heavy atom. The van der Waals surface area contributed by atoms with Gasteiger partial charge < -0.3 is 10.1 Å². The fourth-order valence-corrected chi connectivity index (χ4v) is 6.32. The van der Waals surface area contributed by atoms with Gasteiger partial charge in [0.2, 0.25) is 15.9 Å². The zero-order chi connectivity index (χ0) is 24.3. The van der Waals surface area contributed by atoms with E-state index in [1.165, 1.54) is 34.0 Å². The van der Waals surface area contributed by atoms with E-state index in [1.54, 1.807) is 6.92 Å². The summed E-state index contributed by atoms with van der Waals surface area (Å²) in [7, 11) is -3.88. The van der Waals surface area contributed by atoms with Crippen LogP contribution in [0, 0.1) is 23.0 Å². The standard InChI is InChI=1S/C24H29N3O6S/c1-17-5-7-21(27(29)30)16-23(17)34(31,32)26-12-9-19(10-13-26)24(28)25-11-14-33-22-8-6-18-3-2-4-20(18)15-22/h5-8,15-16,19H,2-4,9-14H2,1H3,(H,25,28). The van der Waals surface area contributed by atoms with Gasteiger partial charge in [-0.25, -0.2) is 8.42 Å². The van der Waals surface area contributed by atoms with E-state index < -0.39 is 14.9 Å². The van der Waals surface area contributed by atoms with Crippen LogP contribution < -0.4 is 10.1 Å². The number of piperidine rings is 1. The second-order valence-corrected chi connectivity index (χ2v) is 10.7. The van der Waals surface area contributed by atoms with Gasteiger partial charge in [0.25, 0.3) is 5.69 Å². The molecule has 182 valence electrons. The van der Waals surface area contributed by atoms with Crippen molar-refractivity contribution in [1.29, 1.82) is 0 Å². The quantitative estimate of drug-likeness (QED) is 0.347. The third kappa shape index (κ3) is 5.23. The zero-order valence-corrected chi connectivity index (χ0v) is 20.0. The maximum Gasteiger partial charge on any atom is 0.270 e. The average molecular weight is 488 g/mol. The van der Waals surface area contributed by atoms with E-state index in [9.17, 15) is 23.3 Å². The molecule has 1 aliphatic carbocycles. The Bertz CT molecular complexity index is 1190. The molecule has 10 heteroatoms. The molecule has 1 saturated heterocycles. The normalized spacial score (nSPS) is 16.7. The molecule has 0 saturated carbocycles. The second-order valence-electron chi connectivity index (χ2n) is 8.81. The van der Waals surface area contributed by atoms with Crippen LogP contribution in [0.25, 0.3) is 0 Å². The van der Waals surface area contributed by atoms with Crippen LogP contribution in [-0.2, 0) is 27.7 Å². The first-order valence-electron chi connectivity index (χ1n) is 11.5. The number of carbonyl (C=O) groups is 1. The number of nitro benzene ring substituents is 1. The van der Waals surface area contributed by atoms with E-state index in [4.69, 9.17) is 4.74 Å². The number of nitro groups is 1. The van der Waals surface area contributed by atoms with Gasteiger partial charge >= 0.3 is 0 Å². The van der Waals surface area contributed by atoms with E-state index >= 15 is 0 Å². The molecule has 1 N–H and O–H groups in total. The van der Waals surface area contributed by atoms with Gasteiger partial charge in [-0.1, -0.05) is 12.1 Å². The minimum Gasteiger partial charge on any atom is -0.492 e. The van der Waals surface area contributed by atoms with Gasteiger partial charge in [-0.15, -0.1) is 0 Å². The van der Waals surface area contributed by atoms with Gasteiger partial charge in [0.05, 0.1) is 16.4 Å². The molecule has 0 spiro atoms. The average Bonchev–Trinajstić information content (AvgIpc) is 3.30. The Hall–Kier alpha value is -2.98. The van der Waals surface area contributed by atoms with Crippen LogP contribution in [0.1, 0.15) is 36.0 Å². The Balaban J connectivity index is 1.26. The van der Waals surface area contributed by atoms with Crippen LogP contribution in [-0.4, -0.2) is 49.8 Å². The van der Waals surface area contributed by atoms with Crippen molar-refractivity contribution in [1.82, 2.24) is 9.62 Å². The molecule has 1 fully saturated rings. The monoisotopic (exact) mass is 487 g/mol. The molecule has 0 radical (unpaired) electrons. The number of fused-ring (bicyclic) bond motifs is 1. The summed E-state index contributed by atoms with van der Waals surface area (Å²) in [5.74, 6) is 0.420. The molecular formula is C24H29N3O6S. The number of aryl methyl sites for hydroxylation is 3. The number of hydrogen-bond acceptors (Lipinski definition) is 6. The van der Waals surface area contributed by atoms with Crippen molar-refractivity contribution in [3.05, 3.63) is 63.2 Å². The van der Waals surface area contributed by atoms with Crippen LogP contribution in [0.3, 0.4) is 0 Å². The number of ether oxygens (including phenoxy) is 1. The van der Waals surface area contributed by atoms with Crippen molar-refractivity contribution < 1.29 is 22.9 Å². The molecule has 1 aliphatic heterocycles. The summed E-state index contributed by atoms with van der Waals surface area (Å²) >= 11 is 0. The minimum absolute atomic E-state index is 0.0618. The summed E-state index contributed by atoms with van der Waals surface area (Å²) in [6.07, 6.45) is 4.17. The van der Waals surface area contributed by atoms with Gasteiger partial charge in [0, 0.05) is 31.1 Å². The topological polar surface area (TPSA) is 119 Å². The first kappa shape index (κ1) is 24.2. The van der Waals surface area contributed by atoms with E-state index in [2.05, 4.69) is 17.4 Å². The predicted molar refractivity (Wildman–Crippen MR) is 126 cm³/mol. The van der Waals surface area contributed by atoms with Crippen molar-refractivity contribution in [3.8, 4) is 5.75 Å². The molecule has 2 aromatic rings. The van der Waals surface area contributed by atoms with Crippen LogP contribution >= 0.6 is 0 Å². The SMILES string of the molecule is Cc1ccc([N+](=O)[O-])cc1S(=O)(=O)N1CCC(C(=O)NCCOc2ccc3c(c2)CCC3)CC1. The first-order valence-corrected chi connectivity index (χ1v) is 13.0. The molecule has 2 aromatic carbocycles. The van der Waals surface area contributed by atoms with Crippen LogP contribution in [0.2, 0.25) is 0 Å². The van der Waals surface area contributed by atoms with E-state index in [-0.39, 0.29) is 35.5 Å². The molecule has 0 bridgehead atoms. The molecule has 0 aromatic heterocycles. The highest BCUT2D eigenvalue weighted by Gasteiger charge is 2.33. The third-order valence-corrected chi connectivity index (χ3v) is 8.61. The Morgan fingerprint density at radius 2 is 1.88 bits per heavy atom. The first-order chi connectivity index (χ1) is 16.3. The Morgan fingerprint density at radius 1 is 1.15 bits per heavy atom. The van der Waals surface area contributed by atoms with Gasteiger partial charge in [-0.2, -0.15) is 4.31 Å². The number of sulfonamides is 1. The summed E-state index contributed by atoms with van der Waals surface area (Å²) in [4.78, 5) is 22.9. The number of amides is 1. The van der Waals surface area contributed by atoms with E-state index in [1.807, 2.05) is 6.07 Å². The number of nitrogens with one attached hydrogen (secondary N) is 1. The van der Waals surface area contributed by atoms with Crippen LogP contribution in [0.5, 0.6) is 5.75 Å². The van der Waals surface area contributed by atoms with Gasteiger partial charge in [0.1, 0.15) is 12.4 Å². The molecule has 9 nitrogen and oxygen atoms in total. The summed E-state index contributed by atoms with van der Waals surface area (Å²) in [5, 5.41) is 13.9. The van der Waals surface area contributed by atoms with E-state index in [0.29, 0.717) is 31.6 Å². The van der Waals surface area contributed by atoms with Crippen molar-refractivity contribution in [2.24, 2.45) is 5.92 Å². The van der Waals surface area contributed by atoms with E-state index in [0.717, 1.165) is 24.7 Å². The van der Waals surface area contributed by atoms with Crippen LogP contribution in [0.15, 0.2) is 41.3 Å². The molecule has 2 aliphatic rings. The fourth-order valence-electron chi connectivity index (χ4n) is 4.60. The van der Waals surface area contributed by atoms with Crippen LogP contribution in [0.4, 0.5) is 5.69 Å². The second kappa shape index (κ2) is 10.1. The highest BCUT2D eigenvalue weighted by Crippen LogP contribution is 2.29. The summed E-state index contributed by atoms with van der Waals surface area (Å²) in [6.45, 7) is 2.73. The number of hydrogen-bond donors (Lipinski definition) is 1. The van der Waals surface area contributed by atoms with Crippen molar-refractivity contribution in [2.45, 2.75) is 43.9 Å². The minimum atomic E-state index is -3.88. The van der Waals surface area contributed by atoms with Gasteiger partial charge in [-0.3, -0.25) is 14.9 Å². The number of rotatable bonds is 8. The predicted octanol–water partition coefficient (Wildman–Crippen LogP) is 2.99. The number of carbonyl (C=O) groups excluding carboxylic acids is 1. The summed E-state index contributed by atoms with van der Waals surface area (Å²) in [5.41, 5.74) is 2.91. The summed E-state index contributed by atoms with van der Waals surface area (Å²) < 4.78 is 33.2. The third-order valence-electron chi connectivity index (χ3n) is 6.57. The fraction of sp³-hybridized carbons (Fsp3) is 0.458. The molecule has 34 heavy (non-hydrogen) atoms. The lowest BCUT2D eigenvalue weighted by Gasteiger charge is -2.30. The number of nitrogens with zero attached hydrogens (tertiary/aromatic N) is 2. The maximum absolute atomic E-state index is 13.1. The molecule has 0 atom stereocenters. The molecule has 1 amide bonds. The molecule has 0 unspecified atom stereocenters. The zero-order valence-electron chi connectivity index (χ0n) is 19.2. The molecule has 1 heterocycles. The smallest absolute Gasteiger partial charge is 0.270 e. The number of benzene rings is 2. The maximum atomic E-state index is 13.1. The van der Waals surface area contributed by atoms with Gasteiger partial charge in [-0.05, 0) is 67.9 Å². The molecular weight excluding hydrogens is 458 g/mol. The number of non-ortho nitro benzene ring substituents is 1. The lowest BCUT2D eigenvalue weighted by atomic mass is 9.97. The van der Waals surface area contributed by atoms with Gasteiger partial charge in [0.15, 0.2) is 0 Å². The highest BCUT2D eigenvalue weighted by atomic mass is 32.2.